The summed E-state index contributed by atoms with van der Waals surface area (Å²) < 4.78 is 0. The van der Waals surface area contributed by atoms with E-state index in [0.29, 0.717) is 0 Å². The molecule has 0 aromatic heterocycles. The Hall–Kier alpha value is -8.52. The molecule has 0 N–H and O–H groups in total. The van der Waals surface area contributed by atoms with Crippen molar-refractivity contribution in [3.63, 3.8) is 0 Å². The Bertz CT molecular complexity index is 3680. The molecule has 0 amide bonds. The van der Waals surface area contributed by atoms with Crippen LogP contribution in [0.2, 0.25) is 0 Å². The maximum absolute atomic E-state index is 2.39. The molecular weight excluding hydrogens is 783 g/mol. The molecule has 65 heavy (non-hydrogen) atoms. The highest BCUT2D eigenvalue weighted by molar-refractivity contribution is 6.15. The van der Waals surface area contributed by atoms with Gasteiger partial charge in [0.25, 0.3) is 0 Å². The van der Waals surface area contributed by atoms with E-state index in [9.17, 15) is 0 Å². The summed E-state index contributed by atoms with van der Waals surface area (Å²) in [6.07, 6.45) is 0. The lowest BCUT2D eigenvalue weighted by Crippen LogP contribution is -2.10. The van der Waals surface area contributed by atoms with Crippen molar-refractivity contribution in [1.82, 2.24) is 0 Å². The fourth-order valence-electron chi connectivity index (χ4n) is 9.88. The van der Waals surface area contributed by atoms with E-state index in [4.69, 9.17) is 0 Å². The van der Waals surface area contributed by atoms with Gasteiger partial charge in [-0.2, -0.15) is 0 Å². The summed E-state index contributed by atoms with van der Waals surface area (Å²) in [6, 6.07) is 95.2. The molecular formula is C64H43N. The quantitative estimate of drug-likeness (QED) is 0.138. The minimum atomic E-state index is 1.09. The molecule has 0 spiro atoms. The Balaban J connectivity index is 0.964. The van der Waals surface area contributed by atoms with Crippen LogP contribution in [0, 0.1) is 0 Å². The van der Waals surface area contributed by atoms with Gasteiger partial charge in [0.1, 0.15) is 0 Å². The van der Waals surface area contributed by atoms with Gasteiger partial charge in [0.05, 0.1) is 0 Å². The van der Waals surface area contributed by atoms with E-state index in [0.717, 1.165) is 17.1 Å². The number of hydrogen-bond acceptors (Lipinski definition) is 1. The first-order chi connectivity index (χ1) is 32.2. The molecule has 0 fully saturated rings. The lowest BCUT2D eigenvalue weighted by molar-refractivity contribution is 1.28. The Morgan fingerprint density at radius 3 is 1.17 bits per heavy atom. The van der Waals surface area contributed by atoms with Gasteiger partial charge in [-0.25, -0.2) is 0 Å². The van der Waals surface area contributed by atoms with E-state index in [1.165, 1.54) is 98.7 Å². The molecule has 304 valence electrons. The summed E-state index contributed by atoms with van der Waals surface area (Å²) in [5.41, 5.74) is 15.3. The van der Waals surface area contributed by atoms with Crippen LogP contribution in [0.25, 0.3) is 98.7 Å². The molecule has 0 unspecified atom stereocenters. The van der Waals surface area contributed by atoms with E-state index in [2.05, 4.69) is 266 Å². The van der Waals surface area contributed by atoms with E-state index in [-0.39, 0.29) is 0 Å². The van der Waals surface area contributed by atoms with Crippen molar-refractivity contribution >= 4 is 60.2 Å². The van der Waals surface area contributed by atoms with Crippen LogP contribution >= 0.6 is 0 Å². The molecule has 0 aliphatic heterocycles. The average molecular weight is 826 g/mol. The summed E-state index contributed by atoms with van der Waals surface area (Å²) >= 11 is 0. The predicted molar refractivity (Wildman–Crippen MR) is 278 cm³/mol. The highest BCUT2D eigenvalue weighted by Crippen LogP contribution is 2.43. The molecule has 1 heteroatoms. The summed E-state index contributed by atoms with van der Waals surface area (Å²) in [5, 5.41) is 10.1. The van der Waals surface area contributed by atoms with Crippen molar-refractivity contribution in [1.29, 1.82) is 0 Å². The Labute approximate surface area is 379 Å². The number of hydrogen-bond donors (Lipinski definition) is 0. The van der Waals surface area contributed by atoms with E-state index >= 15 is 0 Å². The van der Waals surface area contributed by atoms with Gasteiger partial charge in [0, 0.05) is 17.1 Å². The molecule has 0 radical (unpaired) electrons. The molecule has 0 atom stereocenters. The number of anilines is 3. The van der Waals surface area contributed by atoms with Crippen LogP contribution in [-0.2, 0) is 0 Å². The van der Waals surface area contributed by atoms with Crippen LogP contribution in [0.3, 0.4) is 0 Å². The van der Waals surface area contributed by atoms with Crippen molar-refractivity contribution in [3.05, 3.63) is 261 Å². The van der Waals surface area contributed by atoms with Gasteiger partial charge in [-0.1, -0.05) is 212 Å². The average Bonchev–Trinajstić information content (AvgIpc) is 3.39. The van der Waals surface area contributed by atoms with Crippen LogP contribution in [-0.4, -0.2) is 0 Å². The maximum atomic E-state index is 2.39. The minimum absolute atomic E-state index is 1.09. The first kappa shape index (κ1) is 38.2. The fraction of sp³-hybridized carbons (Fsp3) is 0. The molecule has 0 heterocycles. The smallest absolute Gasteiger partial charge is 0.0467 e. The van der Waals surface area contributed by atoms with Crippen LogP contribution in [0.4, 0.5) is 17.1 Å². The molecule has 12 aromatic carbocycles. The third kappa shape index (κ3) is 7.01. The first-order valence-corrected chi connectivity index (χ1v) is 22.4. The Kier molecular flexibility index (Phi) is 9.58. The Morgan fingerprint density at radius 2 is 0.585 bits per heavy atom. The third-order valence-corrected chi connectivity index (χ3v) is 13.1. The highest BCUT2D eigenvalue weighted by Gasteiger charge is 2.18. The zero-order valence-electron chi connectivity index (χ0n) is 35.8. The van der Waals surface area contributed by atoms with Crippen molar-refractivity contribution < 1.29 is 0 Å². The molecule has 0 aliphatic rings. The first-order valence-electron chi connectivity index (χ1n) is 22.4. The lowest BCUT2D eigenvalue weighted by atomic mass is 9.89. The number of fused-ring (bicyclic) bond motifs is 6. The second-order valence-corrected chi connectivity index (χ2v) is 16.9. The fourth-order valence-corrected chi connectivity index (χ4v) is 9.88. The monoisotopic (exact) mass is 825 g/mol. The molecule has 0 aliphatic carbocycles. The van der Waals surface area contributed by atoms with E-state index in [1.54, 1.807) is 0 Å². The normalized spacial score (nSPS) is 11.4. The van der Waals surface area contributed by atoms with Crippen molar-refractivity contribution in [2.45, 2.75) is 0 Å². The van der Waals surface area contributed by atoms with Crippen molar-refractivity contribution in [3.8, 4) is 55.6 Å². The zero-order valence-corrected chi connectivity index (χ0v) is 35.8. The van der Waals surface area contributed by atoms with Crippen LogP contribution in [0.1, 0.15) is 0 Å². The second-order valence-electron chi connectivity index (χ2n) is 16.9. The predicted octanol–water partition coefficient (Wildman–Crippen LogP) is 18.1. The Morgan fingerprint density at radius 1 is 0.185 bits per heavy atom. The lowest BCUT2D eigenvalue weighted by Gasteiger charge is -2.27. The van der Waals surface area contributed by atoms with Crippen molar-refractivity contribution in [2.24, 2.45) is 0 Å². The van der Waals surface area contributed by atoms with Crippen LogP contribution in [0.15, 0.2) is 261 Å². The summed E-state index contributed by atoms with van der Waals surface area (Å²) in [6.45, 7) is 0. The largest absolute Gasteiger partial charge is 0.310 e. The van der Waals surface area contributed by atoms with Gasteiger partial charge in [0.2, 0.25) is 0 Å². The van der Waals surface area contributed by atoms with Crippen molar-refractivity contribution in [2.75, 3.05) is 4.90 Å². The molecule has 0 bridgehead atoms. The van der Waals surface area contributed by atoms with E-state index in [1.807, 2.05) is 0 Å². The summed E-state index contributed by atoms with van der Waals surface area (Å²) in [7, 11) is 0. The zero-order chi connectivity index (χ0) is 43.1. The maximum Gasteiger partial charge on any atom is 0.0467 e. The van der Waals surface area contributed by atoms with Gasteiger partial charge >= 0.3 is 0 Å². The van der Waals surface area contributed by atoms with Gasteiger partial charge in [-0.3, -0.25) is 0 Å². The molecule has 0 saturated carbocycles. The van der Waals surface area contributed by atoms with Gasteiger partial charge in [0.15, 0.2) is 0 Å². The van der Waals surface area contributed by atoms with E-state index < -0.39 is 0 Å². The van der Waals surface area contributed by atoms with Crippen LogP contribution in [0.5, 0.6) is 0 Å². The van der Waals surface area contributed by atoms with Gasteiger partial charge in [-0.15, -0.1) is 0 Å². The minimum Gasteiger partial charge on any atom is -0.310 e. The standard InChI is InChI=1S/C64H43N/c1-2-15-44(16-3-1)45-29-31-46(32-30-45)47-33-37-52(38-34-47)65(54-20-14-19-49(41-54)63-42-50-17-4-6-22-56(50)58-24-10-12-27-61(58)63)53-39-35-48(36-40-53)55-21-8-9-26-60(55)64-43-51-18-5-7-23-57(51)59-25-11-13-28-62(59)64/h1-43H. The highest BCUT2D eigenvalue weighted by atomic mass is 15.1. The molecule has 12 rings (SSSR count). The number of nitrogens with zero attached hydrogens (tertiary/aromatic N) is 1. The number of rotatable bonds is 8. The van der Waals surface area contributed by atoms with Crippen LogP contribution < -0.4 is 4.90 Å². The topological polar surface area (TPSA) is 3.24 Å². The van der Waals surface area contributed by atoms with Gasteiger partial charge in [-0.05, 0) is 147 Å². The van der Waals surface area contributed by atoms with Gasteiger partial charge < -0.3 is 4.90 Å². The molecule has 12 aromatic rings. The SMILES string of the molecule is c1ccc(-c2ccc(-c3ccc(N(c4ccc(-c5ccccc5-c5cc6ccccc6c6ccccc56)cc4)c4cccc(-c5cc6ccccc6c6ccccc56)c4)cc3)cc2)cc1. The second kappa shape index (κ2) is 16.3. The summed E-state index contributed by atoms with van der Waals surface area (Å²) in [5.74, 6) is 0. The molecule has 0 saturated heterocycles. The third-order valence-electron chi connectivity index (χ3n) is 13.1. The molecule has 1 nitrogen and oxygen atoms in total. The number of benzene rings is 12. The summed E-state index contributed by atoms with van der Waals surface area (Å²) in [4.78, 5) is 2.39.